The third kappa shape index (κ3) is 3.73. The van der Waals surface area contributed by atoms with Crippen LogP contribution >= 0.6 is 0 Å². The fourth-order valence-electron chi connectivity index (χ4n) is 3.43. The highest BCUT2D eigenvalue weighted by Gasteiger charge is 2.19. The lowest BCUT2D eigenvalue weighted by molar-refractivity contribution is 0.0792. The Morgan fingerprint density at radius 2 is 1.40 bits per heavy atom. The lowest BCUT2D eigenvalue weighted by Gasteiger charge is -2.15. The van der Waals surface area contributed by atoms with Crippen LogP contribution in [0.15, 0.2) is 36.4 Å². The zero-order chi connectivity index (χ0) is 18.0. The van der Waals surface area contributed by atoms with Gasteiger partial charge in [0.15, 0.2) is 0 Å². The molecule has 0 saturated carbocycles. The number of hydrogen-bond acceptors (Lipinski definition) is 2. The highest BCUT2D eigenvalue weighted by Crippen LogP contribution is 2.23. The monoisotopic (exact) mass is 336 g/mol. The lowest BCUT2D eigenvalue weighted by Crippen LogP contribution is -2.27. The van der Waals surface area contributed by atoms with Crippen LogP contribution in [0.5, 0.6) is 0 Å². The summed E-state index contributed by atoms with van der Waals surface area (Å²) in [4.78, 5) is 26.8. The van der Waals surface area contributed by atoms with Gasteiger partial charge in [-0.2, -0.15) is 0 Å². The Morgan fingerprint density at radius 1 is 0.880 bits per heavy atom. The van der Waals surface area contributed by atoms with Gasteiger partial charge in [0.1, 0.15) is 0 Å². The van der Waals surface area contributed by atoms with Crippen LogP contribution < -0.4 is 5.32 Å². The van der Waals surface area contributed by atoms with E-state index in [0.29, 0.717) is 11.1 Å². The van der Waals surface area contributed by atoms with Gasteiger partial charge in [-0.05, 0) is 69.0 Å². The predicted octanol–water partition coefficient (Wildman–Crippen LogP) is 4.10. The van der Waals surface area contributed by atoms with Crippen molar-refractivity contribution in [2.45, 2.75) is 33.6 Å². The molecule has 0 atom stereocenters. The topological polar surface area (TPSA) is 49.4 Å². The summed E-state index contributed by atoms with van der Waals surface area (Å²) >= 11 is 0. The zero-order valence-electron chi connectivity index (χ0n) is 15.1. The molecule has 1 heterocycles. The smallest absolute Gasteiger partial charge is 0.255 e. The molecule has 2 aromatic carbocycles. The fourth-order valence-corrected chi connectivity index (χ4v) is 3.43. The summed E-state index contributed by atoms with van der Waals surface area (Å²) < 4.78 is 0. The summed E-state index contributed by atoms with van der Waals surface area (Å²) in [5.74, 6) is -0.107. The van der Waals surface area contributed by atoms with E-state index in [4.69, 9.17) is 0 Å². The maximum atomic E-state index is 12.5. The standard InChI is InChI=1S/C21H24N2O2/c1-14-12-15(2)19(16(3)13-14)22-20(24)17-6-8-18(9-7-17)21(25)23-10-4-5-11-23/h6-9,12-13H,4-5,10-11H2,1-3H3,(H,22,24). The van der Waals surface area contributed by atoms with Crippen molar-refractivity contribution in [1.82, 2.24) is 4.90 Å². The van der Waals surface area contributed by atoms with Gasteiger partial charge < -0.3 is 10.2 Å². The third-order valence-corrected chi connectivity index (χ3v) is 4.70. The highest BCUT2D eigenvalue weighted by atomic mass is 16.2. The van der Waals surface area contributed by atoms with Gasteiger partial charge in [0.05, 0.1) is 0 Å². The number of carbonyl (C=O) groups excluding carboxylic acids is 2. The summed E-state index contributed by atoms with van der Waals surface area (Å²) in [6.45, 7) is 7.68. The fraction of sp³-hybridized carbons (Fsp3) is 0.333. The molecule has 0 aromatic heterocycles. The molecule has 0 bridgehead atoms. The first-order valence-electron chi connectivity index (χ1n) is 8.74. The Labute approximate surface area is 148 Å². The number of amides is 2. The average Bonchev–Trinajstić information content (AvgIpc) is 3.12. The Hall–Kier alpha value is -2.62. The van der Waals surface area contributed by atoms with Gasteiger partial charge in [0.25, 0.3) is 11.8 Å². The van der Waals surface area contributed by atoms with Crippen molar-refractivity contribution in [2.75, 3.05) is 18.4 Å². The van der Waals surface area contributed by atoms with Crippen LogP contribution in [0, 0.1) is 20.8 Å². The van der Waals surface area contributed by atoms with E-state index in [1.54, 1.807) is 24.3 Å². The number of nitrogens with one attached hydrogen (secondary N) is 1. The van der Waals surface area contributed by atoms with Crippen molar-refractivity contribution < 1.29 is 9.59 Å². The minimum atomic E-state index is -0.157. The molecule has 130 valence electrons. The van der Waals surface area contributed by atoms with Crippen molar-refractivity contribution >= 4 is 17.5 Å². The molecule has 1 fully saturated rings. The van der Waals surface area contributed by atoms with Crippen LogP contribution in [-0.4, -0.2) is 29.8 Å². The molecule has 2 aromatic rings. The van der Waals surface area contributed by atoms with Crippen LogP contribution in [0.3, 0.4) is 0 Å². The lowest BCUT2D eigenvalue weighted by atomic mass is 10.0. The first-order valence-corrected chi connectivity index (χ1v) is 8.74. The number of rotatable bonds is 3. The number of hydrogen-bond donors (Lipinski definition) is 1. The minimum absolute atomic E-state index is 0.0506. The second kappa shape index (κ2) is 7.09. The molecule has 1 aliphatic heterocycles. The number of aryl methyl sites for hydroxylation is 3. The molecular formula is C21H24N2O2. The van der Waals surface area contributed by atoms with E-state index >= 15 is 0 Å². The van der Waals surface area contributed by atoms with Gasteiger partial charge in [-0.3, -0.25) is 9.59 Å². The Kier molecular flexibility index (Phi) is 4.88. The van der Waals surface area contributed by atoms with Crippen LogP contribution in [0.25, 0.3) is 0 Å². The predicted molar refractivity (Wildman–Crippen MR) is 100 cm³/mol. The van der Waals surface area contributed by atoms with Crippen molar-refractivity contribution in [3.63, 3.8) is 0 Å². The first kappa shape index (κ1) is 17.2. The Balaban J connectivity index is 1.74. The second-order valence-electron chi connectivity index (χ2n) is 6.80. The van der Waals surface area contributed by atoms with E-state index in [2.05, 4.69) is 17.4 Å². The molecule has 3 rings (SSSR count). The number of carbonyl (C=O) groups is 2. The van der Waals surface area contributed by atoms with Crippen molar-refractivity contribution in [2.24, 2.45) is 0 Å². The summed E-state index contributed by atoms with van der Waals surface area (Å²) in [6, 6.07) is 11.0. The summed E-state index contributed by atoms with van der Waals surface area (Å²) in [5, 5.41) is 2.99. The molecule has 1 N–H and O–H groups in total. The summed E-state index contributed by atoms with van der Waals surface area (Å²) in [6.07, 6.45) is 2.14. The van der Waals surface area contributed by atoms with Crippen molar-refractivity contribution in [1.29, 1.82) is 0 Å². The molecule has 2 amide bonds. The van der Waals surface area contributed by atoms with Gasteiger partial charge in [-0.25, -0.2) is 0 Å². The first-order chi connectivity index (χ1) is 12.0. The van der Waals surface area contributed by atoms with Crippen LogP contribution in [0.2, 0.25) is 0 Å². The maximum absolute atomic E-state index is 12.5. The molecule has 4 nitrogen and oxygen atoms in total. The maximum Gasteiger partial charge on any atom is 0.255 e. The zero-order valence-corrected chi connectivity index (χ0v) is 15.1. The number of benzene rings is 2. The van der Waals surface area contributed by atoms with E-state index in [9.17, 15) is 9.59 Å². The Bertz CT molecular complexity index is 780. The average molecular weight is 336 g/mol. The number of likely N-dealkylation sites (tertiary alicyclic amines) is 1. The number of nitrogens with zero attached hydrogens (tertiary/aromatic N) is 1. The quantitative estimate of drug-likeness (QED) is 0.917. The van der Waals surface area contributed by atoms with Gasteiger partial charge in [-0.15, -0.1) is 0 Å². The van der Waals surface area contributed by atoms with E-state index in [-0.39, 0.29) is 11.8 Å². The molecule has 25 heavy (non-hydrogen) atoms. The number of anilines is 1. The minimum Gasteiger partial charge on any atom is -0.339 e. The molecule has 0 aliphatic carbocycles. The molecule has 0 unspecified atom stereocenters. The van der Waals surface area contributed by atoms with Crippen LogP contribution in [-0.2, 0) is 0 Å². The SMILES string of the molecule is Cc1cc(C)c(NC(=O)c2ccc(C(=O)N3CCCC3)cc2)c(C)c1. The van der Waals surface area contributed by atoms with Crippen molar-refractivity contribution in [3.05, 3.63) is 64.2 Å². The summed E-state index contributed by atoms with van der Waals surface area (Å²) in [7, 11) is 0. The van der Waals surface area contributed by atoms with E-state index in [1.165, 1.54) is 5.56 Å². The van der Waals surface area contributed by atoms with Crippen LogP contribution in [0.4, 0.5) is 5.69 Å². The van der Waals surface area contributed by atoms with Crippen LogP contribution in [0.1, 0.15) is 50.2 Å². The largest absolute Gasteiger partial charge is 0.339 e. The van der Waals surface area contributed by atoms with Gasteiger partial charge in [0.2, 0.25) is 0 Å². The molecule has 1 aliphatic rings. The van der Waals surface area contributed by atoms with E-state index in [0.717, 1.165) is 42.7 Å². The normalized spacial score (nSPS) is 13.8. The van der Waals surface area contributed by atoms with E-state index < -0.39 is 0 Å². The Morgan fingerprint density at radius 3 is 1.96 bits per heavy atom. The van der Waals surface area contributed by atoms with E-state index in [1.807, 2.05) is 25.7 Å². The van der Waals surface area contributed by atoms with Gasteiger partial charge in [0, 0.05) is 29.9 Å². The molecule has 0 spiro atoms. The highest BCUT2D eigenvalue weighted by molar-refractivity contribution is 6.05. The van der Waals surface area contributed by atoms with Crippen molar-refractivity contribution in [3.8, 4) is 0 Å². The second-order valence-corrected chi connectivity index (χ2v) is 6.80. The molecule has 1 saturated heterocycles. The summed E-state index contributed by atoms with van der Waals surface area (Å²) in [5.41, 5.74) is 5.32. The molecular weight excluding hydrogens is 312 g/mol. The third-order valence-electron chi connectivity index (χ3n) is 4.70. The molecule has 0 radical (unpaired) electrons. The molecule has 4 heteroatoms. The van der Waals surface area contributed by atoms with Gasteiger partial charge >= 0.3 is 0 Å². The van der Waals surface area contributed by atoms with Gasteiger partial charge in [-0.1, -0.05) is 17.7 Å².